The van der Waals surface area contributed by atoms with Crippen LogP contribution in [-0.2, 0) is 6.54 Å². The van der Waals surface area contributed by atoms with Gasteiger partial charge in [-0.2, -0.15) is 0 Å². The number of halogens is 3. The molecule has 6 heteroatoms. The third-order valence-corrected chi connectivity index (χ3v) is 3.20. The summed E-state index contributed by atoms with van der Waals surface area (Å²) in [6.45, 7) is -0.0138. The molecule has 0 spiro atoms. The zero-order chi connectivity index (χ0) is 14.7. The number of hydrogen-bond acceptors (Lipinski definition) is 2. The van der Waals surface area contributed by atoms with E-state index in [9.17, 15) is 13.6 Å². The highest BCUT2D eigenvalue weighted by Gasteiger charge is 2.11. The van der Waals surface area contributed by atoms with Crippen molar-refractivity contribution in [2.24, 2.45) is 0 Å². The molecule has 0 aliphatic rings. The van der Waals surface area contributed by atoms with Crippen LogP contribution in [0.25, 0.3) is 0 Å². The van der Waals surface area contributed by atoms with E-state index in [0.717, 1.165) is 6.07 Å². The van der Waals surface area contributed by atoms with Crippen molar-refractivity contribution >= 4 is 27.5 Å². The maximum Gasteiger partial charge on any atom is 0.253 e. The molecule has 20 heavy (non-hydrogen) atoms. The lowest BCUT2D eigenvalue weighted by Gasteiger charge is -2.09. The van der Waals surface area contributed by atoms with Crippen LogP contribution in [-0.4, -0.2) is 5.91 Å². The summed E-state index contributed by atoms with van der Waals surface area (Å²) in [4.78, 5) is 11.9. The molecule has 0 saturated heterocycles. The van der Waals surface area contributed by atoms with Crippen LogP contribution in [0.15, 0.2) is 40.9 Å². The average Bonchev–Trinajstić information content (AvgIpc) is 2.42. The van der Waals surface area contributed by atoms with Gasteiger partial charge in [0.2, 0.25) is 0 Å². The van der Waals surface area contributed by atoms with Gasteiger partial charge >= 0.3 is 0 Å². The third-order valence-electron chi connectivity index (χ3n) is 2.71. The van der Waals surface area contributed by atoms with Crippen LogP contribution in [0, 0.1) is 11.6 Å². The van der Waals surface area contributed by atoms with Crippen molar-refractivity contribution in [1.29, 1.82) is 0 Å². The van der Waals surface area contributed by atoms with Gasteiger partial charge in [-0.15, -0.1) is 0 Å². The van der Waals surface area contributed by atoms with Gasteiger partial charge < -0.3 is 11.1 Å². The molecule has 3 N–H and O–H groups in total. The molecule has 0 radical (unpaired) electrons. The molecule has 1 amide bonds. The summed E-state index contributed by atoms with van der Waals surface area (Å²) in [7, 11) is 0. The Morgan fingerprint density at radius 3 is 2.70 bits per heavy atom. The number of nitrogens with one attached hydrogen (secondary N) is 1. The summed E-state index contributed by atoms with van der Waals surface area (Å²) in [5, 5.41) is 2.50. The maximum absolute atomic E-state index is 13.5. The molecule has 0 atom stereocenters. The van der Waals surface area contributed by atoms with Crippen molar-refractivity contribution in [3.63, 3.8) is 0 Å². The molecule has 0 saturated carbocycles. The molecule has 0 heterocycles. The van der Waals surface area contributed by atoms with E-state index >= 15 is 0 Å². The predicted octanol–water partition coefficient (Wildman–Crippen LogP) is 3.24. The molecule has 0 aromatic heterocycles. The van der Waals surface area contributed by atoms with E-state index in [1.54, 1.807) is 12.1 Å². The lowest BCUT2D eigenvalue weighted by molar-refractivity contribution is 0.0951. The number of amides is 1. The van der Waals surface area contributed by atoms with Crippen molar-refractivity contribution in [3.05, 3.63) is 63.6 Å². The van der Waals surface area contributed by atoms with Crippen molar-refractivity contribution < 1.29 is 13.6 Å². The first kappa shape index (κ1) is 14.5. The number of benzene rings is 2. The number of rotatable bonds is 3. The Balaban J connectivity index is 2.12. The second-order valence-electron chi connectivity index (χ2n) is 4.15. The van der Waals surface area contributed by atoms with Crippen LogP contribution in [0.3, 0.4) is 0 Å². The van der Waals surface area contributed by atoms with E-state index in [2.05, 4.69) is 21.2 Å². The highest BCUT2D eigenvalue weighted by molar-refractivity contribution is 9.10. The molecule has 3 nitrogen and oxygen atoms in total. The van der Waals surface area contributed by atoms with Crippen molar-refractivity contribution in [2.75, 3.05) is 5.73 Å². The molecule has 0 bridgehead atoms. The predicted molar refractivity (Wildman–Crippen MR) is 76.1 cm³/mol. The smallest absolute Gasteiger partial charge is 0.253 e. The molecule has 0 fully saturated rings. The summed E-state index contributed by atoms with van der Waals surface area (Å²) < 4.78 is 27.3. The van der Waals surface area contributed by atoms with Gasteiger partial charge in [0.15, 0.2) is 0 Å². The Morgan fingerprint density at radius 2 is 1.95 bits per heavy atom. The van der Waals surface area contributed by atoms with Gasteiger partial charge in [-0.25, -0.2) is 8.78 Å². The number of nitrogens with two attached hydrogens (primary N) is 1. The van der Waals surface area contributed by atoms with Crippen LogP contribution in [0.5, 0.6) is 0 Å². The van der Waals surface area contributed by atoms with Gasteiger partial charge in [0, 0.05) is 22.3 Å². The number of carbonyl (C=O) groups is 1. The summed E-state index contributed by atoms with van der Waals surface area (Å²) in [6, 6.07) is 7.93. The molecule has 2 aromatic carbocycles. The average molecular weight is 341 g/mol. The summed E-state index contributed by atoms with van der Waals surface area (Å²) >= 11 is 3.22. The summed E-state index contributed by atoms with van der Waals surface area (Å²) in [5.41, 5.74) is 6.12. The first-order valence-electron chi connectivity index (χ1n) is 5.74. The normalized spacial score (nSPS) is 10.3. The molecule has 0 aliphatic heterocycles. The second kappa shape index (κ2) is 6.00. The molecular weight excluding hydrogens is 330 g/mol. The zero-order valence-corrected chi connectivity index (χ0v) is 11.9. The number of carbonyl (C=O) groups excluding carboxylic acids is 1. The zero-order valence-electron chi connectivity index (χ0n) is 10.3. The van der Waals surface area contributed by atoms with E-state index in [-0.39, 0.29) is 17.8 Å². The van der Waals surface area contributed by atoms with Crippen LogP contribution >= 0.6 is 15.9 Å². The van der Waals surface area contributed by atoms with E-state index in [1.165, 1.54) is 18.2 Å². The fourth-order valence-electron chi connectivity index (χ4n) is 1.67. The minimum atomic E-state index is -0.557. The Morgan fingerprint density at radius 1 is 1.20 bits per heavy atom. The van der Waals surface area contributed by atoms with E-state index in [4.69, 9.17) is 5.73 Å². The molecule has 104 valence electrons. The third kappa shape index (κ3) is 3.33. The van der Waals surface area contributed by atoms with E-state index in [0.29, 0.717) is 10.0 Å². The van der Waals surface area contributed by atoms with E-state index < -0.39 is 17.5 Å². The first-order valence-corrected chi connectivity index (χ1v) is 6.54. The SMILES string of the molecule is Nc1ccc(F)cc1C(=O)NCc1cc(Br)ccc1F. The van der Waals surface area contributed by atoms with Crippen LogP contribution in [0.1, 0.15) is 15.9 Å². The highest BCUT2D eigenvalue weighted by atomic mass is 79.9. The standard InChI is InChI=1S/C14H11BrF2N2O/c15-9-1-3-12(17)8(5-9)7-19-14(20)11-6-10(16)2-4-13(11)18/h1-6H,7,18H2,(H,19,20). The van der Waals surface area contributed by atoms with Gasteiger partial charge in [0.1, 0.15) is 11.6 Å². The Labute approximate surface area is 122 Å². The molecular formula is C14H11BrF2N2O. The number of anilines is 1. The monoisotopic (exact) mass is 340 g/mol. The van der Waals surface area contributed by atoms with Gasteiger partial charge in [-0.05, 0) is 36.4 Å². The first-order chi connectivity index (χ1) is 9.47. The minimum Gasteiger partial charge on any atom is -0.398 e. The highest BCUT2D eigenvalue weighted by Crippen LogP contribution is 2.16. The molecule has 2 rings (SSSR count). The van der Waals surface area contributed by atoms with Gasteiger partial charge in [-0.1, -0.05) is 15.9 Å². The molecule has 2 aromatic rings. The Hall–Kier alpha value is -1.95. The van der Waals surface area contributed by atoms with Crippen LogP contribution < -0.4 is 11.1 Å². The quantitative estimate of drug-likeness (QED) is 0.842. The van der Waals surface area contributed by atoms with Crippen molar-refractivity contribution in [2.45, 2.75) is 6.54 Å². The van der Waals surface area contributed by atoms with Crippen molar-refractivity contribution in [1.82, 2.24) is 5.32 Å². The van der Waals surface area contributed by atoms with Crippen molar-refractivity contribution in [3.8, 4) is 0 Å². The molecule has 0 aliphatic carbocycles. The fraction of sp³-hybridized carbons (Fsp3) is 0.0714. The molecule has 0 unspecified atom stereocenters. The van der Waals surface area contributed by atoms with E-state index in [1.807, 2.05) is 0 Å². The number of hydrogen-bond donors (Lipinski definition) is 2. The Bertz CT molecular complexity index is 662. The van der Waals surface area contributed by atoms with Gasteiger partial charge in [0.25, 0.3) is 5.91 Å². The minimum absolute atomic E-state index is 0.0138. The fourth-order valence-corrected chi connectivity index (χ4v) is 2.08. The van der Waals surface area contributed by atoms with Gasteiger partial charge in [-0.3, -0.25) is 4.79 Å². The summed E-state index contributed by atoms with van der Waals surface area (Å²) in [5.74, 6) is -1.54. The van der Waals surface area contributed by atoms with Gasteiger partial charge in [0.05, 0.1) is 5.56 Å². The summed E-state index contributed by atoms with van der Waals surface area (Å²) in [6.07, 6.45) is 0. The second-order valence-corrected chi connectivity index (χ2v) is 5.07. The van der Waals surface area contributed by atoms with Crippen LogP contribution in [0.2, 0.25) is 0 Å². The maximum atomic E-state index is 13.5. The largest absolute Gasteiger partial charge is 0.398 e. The Kier molecular flexibility index (Phi) is 4.34. The lowest BCUT2D eigenvalue weighted by Crippen LogP contribution is -2.24. The lowest BCUT2D eigenvalue weighted by atomic mass is 10.1. The topological polar surface area (TPSA) is 55.1 Å². The number of nitrogen functional groups attached to an aromatic ring is 1. The van der Waals surface area contributed by atoms with Crippen LogP contribution in [0.4, 0.5) is 14.5 Å².